The lowest BCUT2D eigenvalue weighted by Gasteiger charge is -2.16. The number of aromatic nitrogens is 2. The number of thiazole rings is 1. The second-order valence-corrected chi connectivity index (χ2v) is 7.81. The molecule has 31 heavy (non-hydrogen) atoms. The van der Waals surface area contributed by atoms with E-state index in [1.165, 1.54) is 17.6 Å². The number of alkyl halides is 3. The Labute approximate surface area is 178 Å². The minimum atomic E-state index is -4.82. The Morgan fingerprint density at radius 1 is 1.26 bits per heavy atom. The predicted molar refractivity (Wildman–Crippen MR) is 108 cm³/mol. The van der Waals surface area contributed by atoms with Crippen molar-refractivity contribution in [2.24, 2.45) is 0 Å². The zero-order valence-electron chi connectivity index (χ0n) is 15.9. The van der Waals surface area contributed by atoms with Gasteiger partial charge in [0, 0.05) is 30.2 Å². The second-order valence-electron chi connectivity index (χ2n) is 6.95. The lowest BCUT2D eigenvalue weighted by atomic mass is 10.1. The van der Waals surface area contributed by atoms with Gasteiger partial charge in [-0.3, -0.25) is 10.1 Å². The number of anilines is 2. The average molecular weight is 452 g/mol. The standard InChI is InChI=1S/C20H16F4N4O2S/c21-17-13(2-1-3-14(17)20(22,23)24)15-10-31-19(26-15)27-18(30)11-4-5-16(25-8-11)28-7-6-12(29)9-28/h1-5,8,10,12,29H,6-7,9H2,(H,26,27,30). The molecule has 1 aliphatic rings. The van der Waals surface area contributed by atoms with Crippen LogP contribution in [0.1, 0.15) is 22.3 Å². The molecule has 1 unspecified atom stereocenters. The summed E-state index contributed by atoms with van der Waals surface area (Å²) in [7, 11) is 0. The SMILES string of the molecule is O=C(Nc1nc(-c2cccc(C(F)(F)F)c2F)cs1)c1ccc(N2CCC(O)C2)nc1. The van der Waals surface area contributed by atoms with Crippen molar-refractivity contribution in [3.8, 4) is 11.3 Å². The number of amides is 1. The fourth-order valence-corrected chi connectivity index (χ4v) is 3.94. The number of carbonyl (C=O) groups is 1. The molecule has 11 heteroatoms. The number of hydrogen-bond acceptors (Lipinski definition) is 6. The van der Waals surface area contributed by atoms with E-state index in [2.05, 4.69) is 15.3 Å². The molecule has 1 aromatic carbocycles. The number of aliphatic hydroxyl groups is 1. The number of benzene rings is 1. The monoisotopic (exact) mass is 452 g/mol. The first-order valence-corrected chi connectivity index (χ1v) is 10.1. The van der Waals surface area contributed by atoms with Gasteiger partial charge in [0.1, 0.15) is 11.6 Å². The van der Waals surface area contributed by atoms with Crippen molar-refractivity contribution in [3.63, 3.8) is 0 Å². The van der Waals surface area contributed by atoms with E-state index in [0.29, 0.717) is 31.4 Å². The second kappa shape index (κ2) is 8.23. The van der Waals surface area contributed by atoms with E-state index in [0.717, 1.165) is 17.4 Å². The van der Waals surface area contributed by atoms with Crippen LogP contribution in [-0.4, -0.2) is 40.2 Å². The van der Waals surface area contributed by atoms with Crippen molar-refractivity contribution >= 4 is 28.2 Å². The van der Waals surface area contributed by atoms with Crippen molar-refractivity contribution in [2.45, 2.75) is 18.7 Å². The summed E-state index contributed by atoms with van der Waals surface area (Å²) in [5.41, 5.74) is -1.43. The summed E-state index contributed by atoms with van der Waals surface area (Å²) in [5.74, 6) is -1.28. The third-order valence-electron chi connectivity index (χ3n) is 4.80. The molecule has 1 fully saturated rings. The first kappa shape index (κ1) is 21.2. The fourth-order valence-electron chi connectivity index (χ4n) is 3.23. The lowest BCUT2D eigenvalue weighted by molar-refractivity contribution is -0.139. The fraction of sp³-hybridized carbons (Fsp3) is 0.250. The largest absolute Gasteiger partial charge is 0.419 e. The summed E-state index contributed by atoms with van der Waals surface area (Å²) >= 11 is 0.966. The topological polar surface area (TPSA) is 78.4 Å². The van der Waals surface area contributed by atoms with Crippen LogP contribution in [0.25, 0.3) is 11.3 Å². The molecule has 2 aromatic heterocycles. The highest BCUT2D eigenvalue weighted by Gasteiger charge is 2.35. The van der Waals surface area contributed by atoms with Crippen molar-refractivity contribution < 1.29 is 27.5 Å². The number of nitrogens with zero attached hydrogens (tertiary/aromatic N) is 3. The maximum absolute atomic E-state index is 14.3. The van der Waals surface area contributed by atoms with Gasteiger partial charge >= 0.3 is 6.18 Å². The molecule has 3 heterocycles. The van der Waals surface area contributed by atoms with Gasteiger partial charge < -0.3 is 10.0 Å². The number of aliphatic hydroxyl groups excluding tert-OH is 1. The van der Waals surface area contributed by atoms with Gasteiger partial charge in [0.2, 0.25) is 0 Å². The Kier molecular flexibility index (Phi) is 5.63. The summed E-state index contributed by atoms with van der Waals surface area (Å²) in [4.78, 5) is 22.6. The van der Waals surface area contributed by atoms with Crippen molar-refractivity contribution in [1.29, 1.82) is 0 Å². The Morgan fingerprint density at radius 3 is 2.71 bits per heavy atom. The maximum atomic E-state index is 14.3. The Bertz CT molecular complexity index is 1100. The highest BCUT2D eigenvalue weighted by atomic mass is 32.1. The van der Waals surface area contributed by atoms with Gasteiger partial charge in [-0.25, -0.2) is 14.4 Å². The average Bonchev–Trinajstić information content (AvgIpc) is 3.36. The molecule has 6 nitrogen and oxygen atoms in total. The quantitative estimate of drug-likeness (QED) is 0.581. The summed E-state index contributed by atoms with van der Waals surface area (Å²) in [6.45, 7) is 1.15. The van der Waals surface area contributed by atoms with Crippen LogP contribution in [0.15, 0.2) is 41.9 Å². The van der Waals surface area contributed by atoms with Gasteiger partial charge in [0.25, 0.3) is 5.91 Å². The number of halogens is 4. The van der Waals surface area contributed by atoms with E-state index >= 15 is 0 Å². The molecular weight excluding hydrogens is 436 g/mol. The van der Waals surface area contributed by atoms with E-state index in [4.69, 9.17) is 0 Å². The van der Waals surface area contributed by atoms with Crippen LogP contribution in [0.4, 0.5) is 28.5 Å². The third-order valence-corrected chi connectivity index (χ3v) is 5.56. The molecule has 1 atom stereocenters. The molecule has 0 saturated carbocycles. The highest BCUT2D eigenvalue weighted by molar-refractivity contribution is 7.14. The molecular formula is C20H16F4N4O2S. The molecule has 0 spiro atoms. The number of hydrogen-bond donors (Lipinski definition) is 2. The first-order chi connectivity index (χ1) is 14.7. The van der Waals surface area contributed by atoms with Gasteiger partial charge in [-0.05, 0) is 30.7 Å². The molecule has 3 aromatic rings. The molecule has 4 rings (SSSR count). The third kappa shape index (κ3) is 4.52. The van der Waals surface area contributed by atoms with Crippen LogP contribution in [0.2, 0.25) is 0 Å². The van der Waals surface area contributed by atoms with E-state index in [-0.39, 0.29) is 22.0 Å². The number of β-amino-alcohol motifs (C(OH)–C–C–N with tert-alkyl or cyclic N) is 1. The Hall–Kier alpha value is -3.05. The van der Waals surface area contributed by atoms with Crippen molar-refractivity contribution in [2.75, 3.05) is 23.3 Å². The number of nitrogens with one attached hydrogen (secondary N) is 1. The van der Waals surface area contributed by atoms with Crippen molar-refractivity contribution in [1.82, 2.24) is 9.97 Å². The predicted octanol–water partition coefficient (Wildman–Crippen LogP) is 4.19. The molecule has 1 aliphatic heterocycles. The summed E-state index contributed by atoms with van der Waals surface area (Å²) in [5, 5.41) is 13.6. The number of rotatable bonds is 4. The van der Waals surface area contributed by atoms with Gasteiger partial charge in [-0.2, -0.15) is 13.2 Å². The summed E-state index contributed by atoms with van der Waals surface area (Å²) in [6.07, 6.45) is -3.18. The smallest absolute Gasteiger partial charge is 0.391 e. The zero-order valence-corrected chi connectivity index (χ0v) is 16.7. The van der Waals surface area contributed by atoms with E-state index in [1.807, 2.05) is 4.90 Å². The van der Waals surface area contributed by atoms with Crippen LogP contribution < -0.4 is 10.2 Å². The van der Waals surface area contributed by atoms with E-state index < -0.39 is 29.6 Å². The minimum absolute atomic E-state index is 0.00929. The van der Waals surface area contributed by atoms with Crippen LogP contribution in [0.3, 0.4) is 0 Å². The van der Waals surface area contributed by atoms with Crippen molar-refractivity contribution in [3.05, 3.63) is 58.9 Å². The maximum Gasteiger partial charge on any atom is 0.419 e. The van der Waals surface area contributed by atoms with Gasteiger partial charge in [-0.1, -0.05) is 6.07 Å². The molecule has 162 valence electrons. The summed E-state index contributed by atoms with van der Waals surface area (Å²) < 4.78 is 53.1. The van der Waals surface area contributed by atoms with E-state index in [9.17, 15) is 27.5 Å². The normalized spacial score (nSPS) is 16.5. The van der Waals surface area contributed by atoms with Crippen LogP contribution >= 0.6 is 11.3 Å². The van der Waals surface area contributed by atoms with Crippen LogP contribution in [-0.2, 0) is 6.18 Å². The number of carbonyl (C=O) groups excluding carboxylic acids is 1. The molecule has 1 amide bonds. The summed E-state index contributed by atoms with van der Waals surface area (Å²) in [6, 6.07) is 6.20. The van der Waals surface area contributed by atoms with Crippen LogP contribution in [0.5, 0.6) is 0 Å². The molecule has 1 saturated heterocycles. The van der Waals surface area contributed by atoms with Gasteiger partial charge in [0.15, 0.2) is 5.13 Å². The Morgan fingerprint density at radius 2 is 2.06 bits per heavy atom. The van der Waals surface area contributed by atoms with E-state index in [1.54, 1.807) is 12.1 Å². The van der Waals surface area contributed by atoms with Gasteiger partial charge in [-0.15, -0.1) is 11.3 Å². The van der Waals surface area contributed by atoms with Crippen LogP contribution in [0, 0.1) is 5.82 Å². The highest BCUT2D eigenvalue weighted by Crippen LogP contribution is 2.36. The first-order valence-electron chi connectivity index (χ1n) is 9.24. The minimum Gasteiger partial charge on any atom is -0.391 e. The lowest BCUT2D eigenvalue weighted by Crippen LogP contribution is -2.22. The molecule has 2 N–H and O–H groups in total. The number of pyridine rings is 1. The molecule has 0 aliphatic carbocycles. The molecule has 0 radical (unpaired) electrons. The Balaban J connectivity index is 1.48. The zero-order chi connectivity index (χ0) is 22.2. The van der Waals surface area contributed by atoms with Gasteiger partial charge in [0.05, 0.1) is 22.9 Å². The molecule has 0 bridgehead atoms.